The smallest absolute Gasteiger partial charge is 0.0211 e. The Labute approximate surface area is 215 Å². The second-order valence-corrected chi connectivity index (χ2v) is 10.9. The van der Waals surface area contributed by atoms with Crippen molar-refractivity contribution in [2.75, 3.05) is 0 Å². The number of allylic oxidation sites excluding steroid dienone is 2. The fourth-order valence-electron chi connectivity index (χ4n) is 9.85. The molecule has 0 unspecified atom stereocenters. The number of rotatable bonds is 8. The monoisotopic (exact) mass is 464 g/mol. The highest BCUT2D eigenvalue weighted by Crippen LogP contribution is 3.08. The minimum atomic E-state index is 0.00166. The highest BCUT2D eigenvalue weighted by Gasteiger charge is 3.12. The van der Waals surface area contributed by atoms with E-state index in [9.17, 15) is 0 Å². The fraction of sp³-hybridized carbons (Fsp3) is 0.222. The fourth-order valence-corrected chi connectivity index (χ4v) is 9.85. The van der Waals surface area contributed by atoms with Crippen LogP contribution in [0.2, 0.25) is 0 Å². The molecule has 0 heterocycles. The van der Waals surface area contributed by atoms with Crippen LogP contribution in [-0.2, 0) is 21.7 Å². The first-order valence-electron chi connectivity index (χ1n) is 13.2. The summed E-state index contributed by atoms with van der Waals surface area (Å²) in [7, 11) is 0. The molecule has 0 heteroatoms. The van der Waals surface area contributed by atoms with Crippen LogP contribution < -0.4 is 0 Å². The Morgan fingerprint density at radius 2 is 0.639 bits per heavy atom. The topological polar surface area (TPSA) is 0 Å². The minimum absolute atomic E-state index is 0.00166. The molecule has 3 aliphatic rings. The zero-order valence-electron chi connectivity index (χ0n) is 20.7. The van der Waals surface area contributed by atoms with E-state index in [4.69, 9.17) is 0 Å². The first kappa shape index (κ1) is 21.6. The summed E-state index contributed by atoms with van der Waals surface area (Å²) in [6.07, 6.45) is 6.34. The lowest BCUT2D eigenvalue weighted by atomic mass is 9.49. The van der Waals surface area contributed by atoms with Crippen LogP contribution in [0.4, 0.5) is 0 Å². The Kier molecular flexibility index (Phi) is 4.47. The van der Waals surface area contributed by atoms with Crippen molar-refractivity contribution in [3.05, 3.63) is 169 Å². The van der Waals surface area contributed by atoms with Crippen LogP contribution in [0.5, 0.6) is 0 Å². The first-order chi connectivity index (χ1) is 17.8. The third-order valence-corrected chi connectivity index (χ3v) is 10.1. The van der Waals surface area contributed by atoms with Crippen LogP contribution in [0.1, 0.15) is 35.1 Å². The van der Waals surface area contributed by atoms with E-state index in [1.165, 1.54) is 22.3 Å². The molecule has 3 saturated carbocycles. The van der Waals surface area contributed by atoms with Crippen LogP contribution in [-0.4, -0.2) is 0 Å². The Morgan fingerprint density at radius 1 is 0.417 bits per heavy atom. The molecule has 3 fully saturated rings. The Morgan fingerprint density at radius 3 is 0.833 bits per heavy atom. The van der Waals surface area contributed by atoms with Gasteiger partial charge < -0.3 is 0 Å². The van der Waals surface area contributed by atoms with Gasteiger partial charge in [-0.1, -0.05) is 133 Å². The van der Waals surface area contributed by atoms with Gasteiger partial charge in [-0.05, 0) is 46.9 Å². The second-order valence-electron chi connectivity index (χ2n) is 10.9. The Bertz CT molecular complexity index is 1190. The quantitative estimate of drug-likeness (QED) is 0.231. The predicted octanol–water partition coefficient (Wildman–Crippen LogP) is 8.16. The minimum Gasteiger partial charge on any atom is -0.103 e. The molecule has 3 aliphatic carbocycles. The summed E-state index contributed by atoms with van der Waals surface area (Å²) in [6.45, 7) is 8.51. The van der Waals surface area contributed by atoms with E-state index in [-0.39, 0.29) is 21.7 Å². The third-order valence-electron chi connectivity index (χ3n) is 10.1. The number of fused-ring (bicyclic) bond motifs is 4. The summed E-state index contributed by atoms with van der Waals surface area (Å²) < 4.78 is 0. The molecule has 7 rings (SSSR count). The van der Waals surface area contributed by atoms with E-state index in [0.717, 1.165) is 12.8 Å². The van der Waals surface area contributed by atoms with Gasteiger partial charge in [0, 0.05) is 21.7 Å². The highest BCUT2D eigenvalue weighted by atomic mass is 15.1. The molecule has 4 aromatic carbocycles. The molecule has 36 heavy (non-hydrogen) atoms. The van der Waals surface area contributed by atoms with Crippen LogP contribution >= 0.6 is 0 Å². The summed E-state index contributed by atoms with van der Waals surface area (Å²) >= 11 is 0. The number of hydrogen-bond donors (Lipinski definition) is 0. The van der Waals surface area contributed by atoms with Crippen LogP contribution in [0.3, 0.4) is 0 Å². The standard InChI is InChI=1S/C36H32/c1-3-17-31-33(27-19-9-5-10-20-27)34(31,28-21-11-6-12-22-28)36(30-25-15-8-16-26-30)32(18-4-2)35(33,36)29-23-13-7-14-24-29/h3-16,19-26,31-32H,1-2,17-18H2. The Hall–Kier alpha value is -3.64. The zero-order chi connectivity index (χ0) is 24.4. The summed E-state index contributed by atoms with van der Waals surface area (Å²) in [5.41, 5.74) is 5.91. The van der Waals surface area contributed by atoms with Gasteiger partial charge in [0.2, 0.25) is 0 Å². The van der Waals surface area contributed by atoms with Crippen LogP contribution in [0.15, 0.2) is 147 Å². The van der Waals surface area contributed by atoms with Crippen molar-refractivity contribution in [1.82, 2.24) is 0 Å². The summed E-state index contributed by atoms with van der Waals surface area (Å²) in [6, 6.07) is 45.6. The lowest BCUT2D eigenvalue weighted by Gasteiger charge is -2.52. The first-order valence-corrected chi connectivity index (χ1v) is 13.2. The molecule has 0 saturated heterocycles. The molecule has 176 valence electrons. The van der Waals surface area contributed by atoms with Crippen molar-refractivity contribution in [2.45, 2.75) is 34.5 Å². The largest absolute Gasteiger partial charge is 0.103 e. The van der Waals surface area contributed by atoms with Gasteiger partial charge in [0.25, 0.3) is 0 Å². The van der Waals surface area contributed by atoms with Gasteiger partial charge in [0.15, 0.2) is 0 Å². The maximum absolute atomic E-state index is 4.26. The van der Waals surface area contributed by atoms with Gasteiger partial charge in [-0.2, -0.15) is 0 Å². The lowest BCUT2D eigenvalue weighted by Crippen LogP contribution is -2.56. The predicted molar refractivity (Wildman–Crippen MR) is 149 cm³/mol. The highest BCUT2D eigenvalue weighted by molar-refractivity contribution is 5.84. The van der Waals surface area contributed by atoms with Gasteiger partial charge in [-0.3, -0.25) is 0 Å². The SMILES string of the molecule is C=CCC1C2(c3ccccc3)C1(c1ccccc1)C1(c3ccccc3)C(CC=C)C21c1ccccc1. The summed E-state index contributed by atoms with van der Waals surface area (Å²) in [4.78, 5) is 0. The van der Waals surface area contributed by atoms with Crippen molar-refractivity contribution in [3.63, 3.8) is 0 Å². The second kappa shape index (κ2) is 7.43. The lowest BCUT2D eigenvalue weighted by molar-refractivity contribution is 0.223. The van der Waals surface area contributed by atoms with Gasteiger partial charge in [0.05, 0.1) is 0 Å². The Balaban J connectivity index is 1.64. The van der Waals surface area contributed by atoms with Crippen molar-refractivity contribution in [2.24, 2.45) is 11.8 Å². The van der Waals surface area contributed by atoms with E-state index < -0.39 is 0 Å². The molecule has 0 aliphatic heterocycles. The maximum Gasteiger partial charge on any atom is 0.0211 e. The maximum atomic E-state index is 4.26. The molecule has 0 amide bonds. The van der Waals surface area contributed by atoms with Crippen LogP contribution in [0, 0.1) is 11.8 Å². The van der Waals surface area contributed by atoms with E-state index >= 15 is 0 Å². The summed E-state index contributed by atoms with van der Waals surface area (Å²) in [5, 5.41) is 0. The van der Waals surface area contributed by atoms with Crippen molar-refractivity contribution >= 4 is 0 Å². The molecule has 0 N–H and O–H groups in total. The molecule has 0 nitrogen and oxygen atoms in total. The molecular weight excluding hydrogens is 432 g/mol. The molecule has 0 spiro atoms. The van der Waals surface area contributed by atoms with E-state index in [1.54, 1.807) is 0 Å². The molecule has 0 atom stereocenters. The normalized spacial score (nSPS) is 35.0. The van der Waals surface area contributed by atoms with Gasteiger partial charge >= 0.3 is 0 Å². The van der Waals surface area contributed by atoms with E-state index in [0.29, 0.717) is 11.8 Å². The van der Waals surface area contributed by atoms with Gasteiger partial charge in [-0.15, -0.1) is 13.2 Å². The number of hydrogen-bond acceptors (Lipinski definition) is 0. The van der Waals surface area contributed by atoms with Crippen molar-refractivity contribution in [1.29, 1.82) is 0 Å². The molecule has 0 aromatic heterocycles. The average molecular weight is 465 g/mol. The third kappa shape index (κ3) is 2.00. The average Bonchev–Trinajstić information content (AvgIpc) is 3.72. The summed E-state index contributed by atoms with van der Waals surface area (Å²) in [5.74, 6) is 0.961. The molecule has 0 radical (unpaired) electrons. The zero-order valence-corrected chi connectivity index (χ0v) is 20.7. The van der Waals surface area contributed by atoms with Gasteiger partial charge in [-0.25, -0.2) is 0 Å². The molecular formula is C36H32. The van der Waals surface area contributed by atoms with E-state index in [1.807, 2.05) is 0 Å². The van der Waals surface area contributed by atoms with E-state index in [2.05, 4.69) is 147 Å². The molecule has 4 aromatic rings. The van der Waals surface area contributed by atoms with Crippen molar-refractivity contribution < 1.29 is 0 Å². The van der Waals surface area contributed by atoms with Gasteiger partial charge in [0.1, 0.15) is 0 Å². The number of benzene rings is 4. The molecule has 0 bridgehead atoms. The van der Waals surface area contributed by atoms with Crippen LogP contribution in [0.25, 0.3) is 0 Å². The van der Waals surface area contributed by atoms with Crippen molar-refractivity contribution in [3.8, 4) is 0 Å².